The summed E-state index contributed by atoms with van der Waals surface area (Å²) in [5.74, 6) is 1.27. The first kappa shape index (κ1) is 16.3. The van der Waals surface area contributed by atoms with Gasteiger partial charge in [0.05, 0.1) is 11.7 Å². The van der Waals surface area contributed by atoms with Gasteiger partial charge in [0.15, 0.2) is 5.82 Å². The Hall–Kier alpha value is -3.22. The van der Waals surface area contributed by atoms with E-state index in [1.165, 1.54) is 0 Å². The number of piperidine rings is 1. The average molecular weight is 348 g/mol. The predicted molar refractivity (Wildman–Crippen MR) is 98.4 cm³/mol. The molecular formula is C19H20N6O. The molecule has 1 aromatic carbocycles. The van der Waals surface area contributed by atoms with Crippen molar-refractivity contribution in [1.82, 2.24) is 25.1 Å². The summed E-state index contributed by atoms with van der Waals surface area (Å²) in [5.41, 5.74) is 1.77. The summed E-state index contributed by atoms with van der Waals surface area (Å²) in [7, 11) is 0. The largest absolute Gasteiger partial charge is 0.347 e. The number of H-pyrrole nitrogens is 1. The third kappa shape index (κ3) is 3.42. The molecule has 1 aliphatic heterocycles. The Morgan fingerprint density at radius 3 is 2.73 bits per heavy atom. The molecule has 132 valence electrons. The van der Waals surface area contributed by atoms with Crippen LogP contribution in [0.25, 0.3) is 11.3 Å². The fraction of sp³-hybridized carbons (Fsp3) is 0.263. The molecule has 1 saturated heterocycles. The average Bonchev–Trinajstić information content (AvgIpc) is 3.24. The Morgan fingerprint density at radius 1 is 1.12 bits per heavy atom. The second-order valence-corrected chi connectivity index (χ2v) is 6.28. The number of rotatable bonds is 3. The molecule has 3 aromatic rings. The van der Waals surface area contributed by atoms with E-state index in [1.807, 2.05) is 41.3 Å². The second kappa shape index (κ2) is 7.35. The molecule has 2 amide bonds. The van der Waals surface area contributed by atoms with Crippen molar-refractivity contribution in [1.29, 1.82) is 0 Å². The van der Waals surface area contributed by atoms with Gasteiger partial charge in [0.25, 0.3) is 0 Å². The van der Waals surface area contributed by atoms with Crippen molar-refractivity contribution in [2.75, 3.05) is 11.9 Å². The lowest BCUT2D eigenvalue weighted by Gasteiger charge is -2.34. The van der Waals surface area contributed by atoms with Gasteiger partial charge in [-0.25, -0.2) is 9.78 Å². The van der Waals surface area contributed by atoms with Crippen LogP contribution in [0.2, 0.25) is 0 Å². The number of aromatic amines is 1. The molecule has 26 heavy (non-hydrogen) atoms. The molecular weight excluding hydrogens is 328 g/mol. The number of carbonyl (C=O) groups excluding carboxylic acids is 1. The van der Waals surface area contributed by atoms with E-state index in [-0.39, 0.29) is 12.1 Å². The van der Waals surface area contributed by atoms with Crippen molar-refractivity contribution in [3.05, 3.63) is 60.7 Å². The van der Waals surface area contributed by atoms with Gasteiger partial charge in [-0.1, -0.05) is 30.3 Å². The predicted octanol–water partition coefficient (Wildman–Crippen LogP) is 3.63. The van der Waals surface area contributed by atoms with Gasteiger partial charge in [-0.3, -0.25) is 5.32 Å². The van der Waals surface area contributed by atoms with Crippen LogP contribution in [-0.2, 0) is 0 Å². The van der Waals surface area contributed by atoms with Crippen LogP contribution in [0.4, 0.5) is 10.6 Å². The molecule has 7 nitrogen and oxygen atoms in total. The van der Waals surface area contributed by atoms with Crippen molar-refractivity contribution in [3.63, 3.8) is 0 Å². The van der Waals surface area contributed by atoms with Gasteiger partial charge in [0.2, 0.25) is 0 Å². The number of nitrogens with zero attached hydrogens (tertiary/aromatic N) is 4. The number of anilines is 1. The molecule has 0 aliphatic carbocycles. The summed E-state index contributed by atoms with van der Waals surface area (Å²) in [6.07, 6.45) is 6.48. The Labute approximate surface area is 151 Å². The number of urea groups is 1. The van der Waals surface area contributed by atoms with Crippen LogP contribution in [-0.4, -0.2) is 37.6 Å². The molecule has 2 aromatic heterocycles. The molecule has 1 fully saturated rings. The van der Waals surface area contributed by atoms with Gasteiger partial charge in [0.1, 0.15) is 5.82 Å². The first-order valence-electron chi connectivity index (χ1n) is 8.77. The maximum absolute atomic E-state index is 12.7. The number of carbonyl (C=O) groups is 1. The van der Waals surface area contributed by atoms with Crippen LogP contribution in [0.1, 0.15) is 31.1 Å². The molecule has 7 heteroatoms. The highest BCUT2D eigenvalue weighted by Gasteiger charge is 2.29. The quantitative estimate of drug-likeness (QED) is 0.757. The summed E-state index contributed by atoms with van der Waals surface area (Å²) >= 11 is 0. The van der Waals surface area contributed by atoms with Gasteiger partial charge >= 0.3 is 6.03 Å². The van der Waals surface area contributed by atoms with Gasteiger partial charge in [-0.15, -0.1) is 10.2 Å². The number of nitrogens with one attached hydrogen (secondary N) is 2. The van der Waals surface area contributed by atoms with Crippen LogP contribution >= 0.6 is 0 Å². The van der Waals surface area contributed by atoms with Crippen LogP contribution in [0.15, 0.2) is 54.9 Å². The fourth-order valence-electron chi connectivity index (χ4n) is 3.26. The zero-order chi connectivity index (χ0) is 17.8. The Kier molecular flexibility index (Phi) is 4.59. The minimum Gasteiger partial charge on any atom is -0.347 e. The number of benzene rings is 1. The molecule has 0 unspecified atom stereocenters. The van der Waals surface area contributed by atoms with Crippen LogP contribution < -0.4 is 5.32 Å². The molecule has 2 N–H and O–H groups in total. The van der Waals surface area contributed by atoms with Crippen LogP contribution in [0.5, 0.6) is 0 Å². The highest BCUT2D eigenvalue weighted by molar-refractivity contribution is 5.88. The topological polar surface area (TPSA) is 86.8 Å². The molecule has 3 heterocycles. The monoisotopic (exact) mass is 348 g/mol. The Morgan fingerprint density at radius 2 is 2.00 bits per heavy atom. The number of aromatic nitrogens is 4. The molecule has 0 bridgehead atoms. The lowest BCUT2D eigenvalue weighted by molar-refractivity contribution is 0.159. The van der Waals surface area contributed by atoms with E-state index >= 15 is 0 Å². The number of imidazole rings is 1. The van der Waals surface area contributed by atoms with E-state index in [2.05, 4.69) is 25.5 Å². The SMILES string of the molecule is O=C(Nc1ccc(-c2ccccc2)nn1)N1CCCC[C@@H]1c1ncc[nH]1. The summed E-state index contributed by atoms with van der Waals surface area (Å²) < 4.78 is 0. The maximum Gasteiger partial charge on any atom is 0.323 e. The lowest BCUT2D eigenvalue weighted by Crippen LogP contribution is -2.41. The third-order valence-corrected chi connectivity index (χ3v) is 4.57. The smallest absolute Gasteiger partial charge is 0.323 e. The maximum atomic E-state index is 12.7. The second-order valence-electron chi connectivity index (χ2n) is 6.28. The Bertz CT molecular complexity index is 848. The van der Waals surface area contributed by atoms with Crippen LogP contribution in [0.3, 0.4) is 0 Å². The molecule has 0 radical (unpaired) electrons. The zero-order valence-corrected chi connectivity index (χ0v) is 14.3. The number of amides is 2. The van der Waals surface area contributed by atoms with E-state index in [9.17, 15) is 4.79 Å². The molecule has 1 atom stereocenters. The number of hydrogen-bond acceptors (Lipinski definition) is 4. The molecule has 0 spiro atoms. The highest BCUT2D eigenvalue weighted by atomic mass is 16.2. The lowest BCUT2D eigenvalue weighted by atomic mass is 10.0. The zero-order valence-electron chi connectivity index (χ0n) is 14.3. The van der Waals surface area contributed by atoms with Crippen molar-refractivity contribution in [2.24, 2.45) is 0 Å². The minimum atomic E-state index is -0.173. The molecule has 0 saturated carbocycles. The fourth-order valence-corrected chi connectivity index (χ4v) is 3.26. The van der Waals surface area contributed by atoms with Crippen molar-refractivity contribution in [3.8, 4) is 11.3 Å². The summed E-state index contributed by atoms with van der Waals surface area (Å²) in [5, 5.41) is 11.2. The molecule has 1 aliphatic rings. The van der Waals surface area contributed by atoms with Gasteiger partial charge in [-0.05, 0) is 31.4 Å². The van der Waals surface area contributed by atoms with Gasteiger partial charge in [0, 0.05) is 24.5 Å². The number of hydrogen-bond donors (Lipinski definition) is 2. The highest BCUT2D eigenvalue weighted by Crippen LogP contribution is 2.29. The standard InChI is InChI=1S/C19H20N6O/c26-19(25-13-5-4-8-16(25)18-20-11-12-21-18)22-17-10-9-15(23-24-17)14-6-2-1-3-7-14/h1-3,6-7,9-12,16H,4-5,8,13H2,(H,20,21)(H,22,24,26)/t16-/m1/s1. The van der Waals surface area contributed by atoms with Crippen molar-refractivity contribution >= 4 is 11.8 Å². The van der Waals surface area contributed by atoms with E-state index in [1.54, 1.807) is 18.5 Å². The van der Waals surface area contributed by atoms with Crippen molar-refractivity contribution in [2.45, 2.75) is 25.3 Å². The van der Waals surface area contributed by atoms with Gasteiger partial charge in [-0.2, -0.15) is 0 Å². The first-order chi connectivity index (χ1) is 12.8. The van der Waals surface area contributed by atoms with Crippen molar-refractivity contribution < 1.29 is 4.79 Å². The third-order valence-electron chi connectivity index (χ3n) is 4.57. The van der Waals surface area contributed by atoms with E-state index in [0.717, 1.165) is 36.3 Å². The van der Waals surface area contributed by atoms with E-state index < -0.39 is 0 Å². The summed E-state index contributed by atoms with van der Waals surface area (Å²) in [6.45, 7) is 0.701. The van der Waals surface area contributed by atoms with E-state index in [4.69, 9.17) is 0 Å². The van der Waals surface area contributed by atoms with Gasteiger partial charge < -0.3 is 9.88 Å². The summed E-state index contributed by atoms with van der Waals surface area (Å²) in [4.78, 5) is 22.0. The summed E-state index contributed by atoms with van der Waals surface area (Å²) in [6, 6.07) is 13.3. The molecule has 4 rings (SSSR count). The normalized spacial score (nSPS) is 17.1. The Balaban J connectivity index is 1.47. The minimum absolute atomic E-state index is 0.0321. The first-order valence-corrected chi connectivity index (χ1v) is 8.77. The van der Waals surface area contributed by atoms with E-state index in [0.29, 0.717) is 12.4 Å². The van der Waals surface area contributed by atoms with Crippen LogP contribution in [0, 0.1) is 0 Å². The number of likely N-dealkylation sites (tertiary alicyclic amines) is 1.